The van der Waals surface area contributed by atoms with E-state index < -0.39 is 23.3 Å². The largest absolute Gasteiger partial charge is 0.328 e. The van der Waals surface area contributed by atoms with Gasteiger partial charge in [-0.05, 0) is 12.0 Å². The zero-order valence-electron chi connectivity index (χ0n) is 10.9. The lowest BCUT2D eigenvalue weighted by molar-refractivity contribution is -0.146. The van der Waals surface area contributed by atoms with Crippen molar-refractivity contribution in [3.63, 3.8) is 0 Å². The minimum Gasteiger partial charge on any atom is -0.277 e. The third-order valence-corrected chi connectivity index (χ3v) is 3.86. The van der Waals surface area contributed by atoms with Gasteiger partial charge in [-0.3, -0.25) is 20.2 Å². The third-order valence-electron chi connectivity index (χ3n) is 3.86. The number of amides is 4. The molecule has 4 amide bonds. The highest BCUT2D eigenvalue weighted by atomic mass is 16.2. The maximum atomic E-state index is 12.2. The summed E-state index contributed by atoms with van der Waals surface area (Å²) in [7, 11) is 0. The number of urea groups is 1. The van der Waals surface area contributed by atoms with E-state index in [0.717, 1.165) is 5.56 Å². The number of nitrogens with one attached hydrogen (secondary N) is 2. The molecule has 1 aliphatic heterocycles. The van der Waals surface area contributed by atoms with Crippen molar-refractivity contribution in [3.8, 4) is 0 Å². The average Bonchev–Trinajstić information content (AvgIpc) is 2.39. The van der Waals surface area contributed by atoms with E-state index in [2.05, 4.69) is 10.6 Å². The predicted molar refractivity (Wildman–Crippen MR) is 69.3 cm³/mol. The fraction of sp³-hybridized carbons (Fsp3) is 0.357. The van der Waals surface area contributed by atoms with Gasteiger partial charge in [0.15, 0.2) is 0 Å². The van der Waals surface area contributed by atoms with Crippen LogP contribution in [0.4, 0.5) is 4.79 Å². The molecule has 1 unspecified atom stereocenters. The van der Waals surface area contributed by atoms with Gasteiger partial charge in [0.2, 0.25) is 11.8 Å². The Morgan fingerprint density at radius 3 is 2.05 bits per heavy atom. The molecule has 5 heteroatoms. The first-order valence-electron chi connectivity index (χ1n) is 6.24. The Hall–Kier alpha value is -2.17. The van der Waals surface area contributed by atoms with E-state index >= 15 is 0 Å². The molecule has 1 aromatic carbocycles. The van der Waals surface area contributed by atoms with Crippen molar-refractivity contribution >= 4 is 17.8 Å². The van der Waals surface area contributed by atoms with E-state index in [0.29, 0.717) is 6.42 Å². The van der Waals surface area contributed by atoms with Crippen LogP contribution in [0.15, 0.2) is 30.3 Å². The van der Waals surface area contributed by atoms with E-state index in [1.807, 2.05) is 37.3 Å². The second-order valence-electron chi connectivity index (χ2n) is 4.69. The fourth-order valence-electron chi connectivity index (χ4n) is 2.61. The highest BCUT2D eigenvalue weighted by Gasteiger charge is 2.52. The number of carbonyl (C=O) groups is 3. The highest BCUT2D eigenvalue weighted by Crippen LogP contribution is 2.40. The second kappa shape index (κ2) is 4.84. The van der Waals surface area contributed by atoms with Gasteiger partial charge >= 0.3 is 6.03 Å². The zero-order valence-corrected chi connectivity index (χ0v) is 10.9. The quantitative estimate of drug-likeness (QED) is 0.810. The van der Waals surface area contributed by atoms with E-state index in [-0.39, 0.29) is 5.92 Å². The summed E-state index contributed by atoms with van der Waals surface area (Å²) in [6.45, 7) is 3.60. The molecular weight excluding hydrogens is 244 g/mol. The van der Waals surface area contributed by atoms with Crippen molar-refractivity contribution in [2.45, 2.75) is 26.2 Å². The standard InChI is InChI=1S/C14H16N2O3/c1-3-14(9(2)10-7-5-4-6-8-10)11(17)15-13(19)16-12(14)18/h4-9H,3H2,1-2H3,(H2,15,16,17,18,19). The molecule has 1 atom stereocenters. The van der Waals surface area contributed by atoms with Crippen LogP contribution >= 0.6 is 0 Å². The summed E-state index contributed by atoms with van der Waals surface area (Å²) in [5, 5.41) is 4.38. The van der Waals surface area contributed by atoms with Gasteiger partial charge in [0, 0.05) is 5.92 Å². The Balaban J connectivity index is 2.45. The maximum absolute atomic E-state index is 12.2. The lowest BCUT2D eigenvalue weighted by atomic mass is 9.69. The number of carbonyl (C=O) groups excluding carboxylic acids is 3. The van der Waals surface area contributed by atoms with Gasteiger partial charge in [-0.1, -0.05) is 44.2 Å². The van der Waals surface area contributed by atoms with Crippen molar-refractivity contribution in [2.75, 3.05) is 0 Å². The zero-order chi connectivity index (χ0) is 14.0. The monoisotopic (exact) mass is 260 g/mol. The van der Waals surface area contributed by atoms with Gasteiger partial charge in [0.25, 0.3) is 0 Å². The lowest BCUT2D eigenvalue weighted by Gasteiger charge is -2.38. The molecule has 1 aliphatic rings. The van der Waals surface area contributed by atoms with Crippen LogP contribution in [-0.4, -0.2) is 17.8 Å². The molecule has 1 heterocycles. The fourth-order valence-corrected chi connectivity index (χ4v) is 2.61. The van der Waals surface area contributed by atoms with E-state index in [9.17, 15) is 14.4 Å². The van der Waals surface area contributed by atoms with Crippen LogP contribution in [0.25, 0.3) is 0 Å². The minimum absolute atomic E-state index is 0.313. The van der Waals surface area contributed by atoms with Gasteiger partial charge in [0.1, 0.15) is 5.41 Å². The molecule has 0 aromatic heterocycles. The summed E-state index contributed by atoms with van der Waals surface area (Å²) in [4.78, 5) is 35.6. The van der Waals surface area contributed by atoms with Gasteiger partial charge in [0.05, 0.1) is 0 Å². The molecule has 1 fully saturated rings. The number of rotatable bonds is 3. The summed E-state index contributed by atoms with van der Waals surface area (Å²) < 4.78 is 0. The Morgan fingerprint density at radius 2 is 1.58 bits per heavy atom. The topological polar surface area (TPSA) is 75.3 Å². The van der Waals surface area contributed by atoms with E-state index in [1.54, 1.807) is 6.92 Å². The summed E-state index contributed by atoms with van der Waals surface area (Å²) in [6, 6.07) is 8.59. The minimum atomic E-state index is -1.24. The number of hydrogen-bond acceptors (Lipinski definition) is 3. The molecular formula is C14H16N2O3. The van der Waals surface area contributed by atoms with Crippen LogP contribution in [0.1, 0.15) is 31.7 Å². The molecule has 0 spiro atoms. The molecule has 0 radical (unpaired) electrons. The third kappa shape index (κ3) is 2.01. The molecule has 5 nitrogen and oxygen atoms in total. The Kier molecular flexibility index (Phi) is 3.38. The van der Waals surface area contributed by atoms with Gasteiger partial charge < -0.3 is 0 Å². The smallest absolute Gasteiger partial charge is 0.277 e. The van der Waals surface area contributed by atoms with E-state index in [1.165, 1.54) is 0 Å². The summed E-state index contributed by atoms with van der Waals surface area (Å²) in [6.07, 6.45) is 0.327. The number of imide groups is 2. The van der Waals surface area contributed by atoms with Crippen LogP contribution in [0.2, 0.25) is 0 Å². The van der Waals surface area contributed by atoms with Gasteiger partial charge in [-0.25, -0.2) is 4.79 Å². The average molecular weight is 260 g/mol. The predicted octanol–water partition coefficient (Wildman–Crippen LogP) is 1.55. The Labute approximate surface area is 111 Å². The van der Waals surface area contributed by atoms with Crippen LogP contribution < -0.4 is 10.6 Å². The van der Waals surface area contributed by atoms with Crippen molar-refractivity contribution in [1.82, 2.24) is 10.6 Å². The summed E-state index contributed by atoms with van der Waals surface area (Å²) in [5.74, 6) is -1.37. The van der Waals surface area contributed by atoms with Crippen molar-refractivity contribution in [1.29, 1.82) is 0 Å². The normalized spacial score (nSPS) is 19.6. The Morgan fingerprint density at radius 1 is 1.05 bits per heavy atom. The highest BCUT2D eigenvalue weighted by molar-refractivity contribution is 6.19. The molecule has 1 saturated heterocycles. The molecule has 100 valence electrons. The first kappa shape index (κ1) is 13.3. The van der Waals surface area contributed by atoms with Gasteiger partial charge in [-0.2, -0.15) is 0 Å². The van der Waals surface area contributed by atoms with Crippen LogP contribution in [0, 0.1) is 5.41 Å². The molecule has 1 aromatic rings. The first-order valence-corrected chi connectivity index (χ1v) is 6.24. The molecule has 19 heavy (non-hydrogen) atoms. The lowest BCUT2D eigenvalue weighted by Crippen LogP contribution is -2.63. The maximum Gasteiger partial charge on any atom is 0.328 e. The summed E-state index contributed by atoms with van der Waals surface area (Å²) >= 11 is 0. The number of barbiturate groups is 1. The summed E-state index contributed by atoms with van der Waals surface area (Å²) in [5.41, 5.74) is -0.348. The van der Waals surface area contributed by atoms with E-state index in [4.69, 9.17) is 0 Å². The molecule has 2 rings (SSSR count). The number of hydrogen-bond donors (Lipinski definition) is 2. The van der Waals surface area contributed by atoms with Crippen LogP contribution in [-0.2, 0) is 9.59 Å². The first-order chi connectivity index (χ1) is 9.02. The molecule has 2 N–H and O–H groups in total. The SMILES string of the molecule is CCC1(C(C)c2ccccc2)C(=O)NC(=O)NC1=O. The molecule has 0 aliphatic carbocycles. The van der Waals surface area contributed by atoms with Crippen molar-refractivity contribution < 1.29 is 14.4 Å². The van der Waals surface area contributed by atoms with Crippen LogP contribution in [0.3, 0.4) is 0 Å². The van der Waals surface area contributed by atoms with Crippen LogP contribution in [0.5, 0.6) is 0 Å². The molecule has 0 bridgehead atoms. The molecule has 0 saturated carbocycles. The number of benzene rings is 1. The van der Waals surface area contributed by atoms with Crippen molar-refractivity contribution in [3.05, 3.63) is 35.9 Å². The van der Waals surface area contributed by atoms with Gasteiger partial charge in [-0.15, -0.1) is 0 Å². The van der Waals surface area contributed by atoms with Crippen molar-refractivity contribution in [2.24, 2.45) is 5.41 Å². The second-order valence-corrected chi connectivity index (χ2v) is 4.69. The Bertz CT molecular complexity index is 505.